The summed E-state index contributed by atoms with van der Waals surface area (Å²) in [7, 11) is 0. The zero-order valence-electron chi connectivity index (χ0n) is 13.9. The van der Waals surface area contributed by atoms with Crippen LogP contribution in [0, 0.1) is 10.7 Å². The van der Waals surface area contributed by atoms with E-state index in [4.69, 9.17) is 4.74 Å². The molecule has 0 aliphatic carbocycles. The molecule has 0 saturated carbocycles. The Morgan fingerprint density at radius 2 is 1.38 bits per heavy atom. The van der Waals surface area contributed by atoms with Gasteiger partial charge in [0.15, 0.2) is 0 Å². The van der Waals surface area contributed by atoms with Gasteiger partial charge in [0.1, 0.15) is 6.10 Å². The first-order valence-corrected chi connectivity index (χ1v) is 10.4. The Hall–Kier alpha value is -0.710. The van der Waals surface area contributed by atoms with Crippen molar-refractivity contribution in [2.45, 2.75) is 33.3 Å². The first kappa shape index (κ1) is 23.3. The van der Waals surface area contributed by atoms with Crippen molar-refractivity contribution in [3.8, 4) is 0 Å². The van der Waals surface area contributed by atoms with Crippen molar-refractivity contribution >= 4 is 103 Å². The normalized spacial score (nSPS) is 11.5. The molecule has 142 valence electrons. The maximum Gasteiger partial charge on any atom is 0.341 e. The number of esters is 1. The average Bonchev–Trinajstić information content (AvgIpc) is 2.52. The summed E-state index contributed by atoms with van der Waals surface area (Å²) < 4.78 is 6.31. The van der Waals surface area contributed by atoms with E-state index in [1.165, 1.54) is 13.8 Å². The maximum atomic E-state index is 12.6. The van der Waals surface area contributed by atoms with E-state index in [0.717, 1.165) is 0 Å². The highest BCUT2D eigenvalue weighted by Gasteiger charge is 2.28. The predicted octanol–water partition coefficient (Wildman–Crippen LogP) is 2.10. The minimum atomic E-state index is -1.50. The summed E-state index contributed by atoms with van der Waals surface area (Å²) in [5.41, 5.74) is 0.714. The van der Waals surface area contributed by atoms with E-state index in [9.17, 15) is 24.3 Å². The van der Waals surface area contributed by atoms with Gasteiger partial charge in [0.05, 0.1) is 33.6 Å². The van der Waals surface area contributed by atoms with Crippen LogP contribution in [0.2, 0.25) is 0 Å². The first-order chi connectivity index (χ1) is 12.0. The number of halogens is 3. The highest BCUT2D eigenvalue weighted by Crippen LogP contribution is 2.39. The Bertz CT molecular complexity index is 738. The average molecular weight is 699 g/mol. The van der Waals surface area contributed by atoms with Gasteiger partial charge < -0.3 is 25.3 Å². The van der Waals surface area contributed by atoms with Gasteiger partial charge in [-0.05, 0) is 74.2 Å². The molecule has 8 nitrogen and oxygen atoms in total. The SMILES string of the molecule is CCC(OC(=O)c1c(I)c(NC(C)=O)c(I)c(NC(C)=O)c1I)C(=O)[O-]. The third-order valence-electron chi connectivity index (χ3n) is 3.01. The number of anilines is 2. The van der Waals surface area contributed by atoms with Crippen molar-refractivity contribution in [1.29, 1.82) is 0 Å². The predicted molar refractivity (Wildman–Crippen MR) is 118 cm³/mol. The van der Waals surface area contributed by atoms with Gasteiger partial charge in [0, 0.05) is 13.8 Å². The summed E-state index contributed by atoms with van der Waals surface area (Å²) in [6.45, 7) is 4.16. The highest BCUT2D eigenvalue weighted by atomic mass is 127. The number of carbonyl (C=O) groups is 4. The molecule has 11 heteroatoms. The van der Waals surface area contributed by atoms with Gasteiger partial charge in [0.2, 0.25) is 11.8 Å². The standard InChI is InChI=1S/C15H15I3N2O6/c1-4-7(14(23)24)26-15(25)8-9(16)12(19-5(2)21)11(18)13(10(8)17)20-6(3)22/h7H,4H2,1-3H3,(H,19,21)(H,20,22)(H,23,24)/p-1. The number of carboxylic acid groups (broad SMARTS) is 1. The Labute approximate surface area is 190 Å². The van der Waals surface area contributed by atoms with Crippen LogP contribution >= 0.6 is 67.8 Å². The number of ether oxygens (including phenoxy) is 1. The van der Waals surface area contributed by atoms with E-state index >= 15 is 0 Å². The molecule has 1 aromatic rings. The molecular formula is C15H14I3N2O6-. The third-order valence-corrected chi connectivity index (χ3v) is 6.24. The molecule has 26 heavy (non-hydrogen) atoms. The molecule has 0 heterocycles. The summed E-state index contributed by atoms with van der Waals surface area (Å²) in [6.07, 6.45) is -1.36. The zero-order valence-corrected chi connectivity index (χ0v) is 20.3. The van der Waals surface area contributed by atoms with Crippen LogP contribution in [0.4, 0.5) is 11.4 Å². The number of aliphatic carboxylic acids is 1. The lowest BCUT2D eigenvalue weighted by atomic mass is 10.1. The van der Waals surface area contributed by atoms with E-state index in [-0.39, 0.29) is 23.8 Å². The van der Waals surface area contributed by atoms with E-state index in [0.29, 0.717) is 22.1 Å². The van der Waals surface area contributed by atoms with Crippen LogP contribution in [0.15, 0.2) is 0 Å². The van der Waals surface area contributed by atoms with Crippen LogP contribution in [0.1, 0.15) is 37.6 Å². The van der Waals surface area contributed by atoms with Gasteiger partial charge >= 0.3 is 5.97 Å². The second-order valence-electron chi connectivity index (χ2n) is 5.05. The van der Waals surface area contributed by atoms with Crippen molar-refractivity contribution in [3.63, 3.8) is 0 Å². The molecule has 1 rings (SSSR count). The van der Waals surface area contributed by atoms with Gasteiger partial charge in [-0.15, -0.1) is 0 Å². The number of carbonyl (C=O) groups excluding carboxylic acids is 4. The van der Waals surface area contributed by atoms with Crippen molar-refractivity contribution in [1.82, 2.24) is 0 Å². The molecule has 1 unspecified atom stereocenters. The van der Waals surface area contributed by atoms with E-state index in [1.54, 1.807) is 6.92 Å². The molecule has 0 aromatic heterocycles. The summed E-state index contributed by atoms with van der Waals surface area (Å²) in [4.78, 5) is 46.7. The lowest BCUT2D eigenvalue weighted by Crippen LogP contribution is -2.38. The second-order valence-corrected chi connectivity index (χ2v) is 8.29. The number of hydrogen-bond acceptors (Lipinski definition) is 6. The van der Waals surface area contributed by atoms with Gasteiger partial charge in [-0.1, -0.05) is 6.92 Å². The monoisotopic (exact) mass is 699 g/mol. The molecule has 2 amide bonds. The first-order valence-electron chi connectivity index (χ1n) is 7.18. The van der Waals surface area contributed by atoms with E-state index < -0.39 is 18.0 Å². The topological polar surface area (TPSA) is 125 Å². The fourth-order valence-corrected chi connectivity index (χ4v) is 6.05. The van der Waals surface area contributed by atoms with Crippen LogP contribution in [0.5, 0.6) is 0 Å². The lowest BCUT2D eigenvalue weighted by Gasteiger charge is -2.21. The summed E-state index contributed by atoms with van der Waals surface area (Å²) >= 11 is 5.68. The quantitative estimate of drug-likeness (QED) is 0.347. The second kappa shape index (κ2) is 10.0. The largest absolute Gasteiger partial charge is 0.546 e. The molecule has 0 fully saturated rings. The van der Waals surface area contributed by atoms with E-state index in [2.05, 4.69) is 10.6 Å². The molecule has 0 spiro atoms. The molecule has 0 radical (unpaired) electrons. The Kier molecular flexibility index (Phi) is 8.98. The van der Waals surface area contributed by atoms with Crippen molar-refractivity contribution in [2.24, 2.45) is 0 Å². The molecule has 1 atom stereocenters. The Morgan fingerprint density at radius 1 is 0.962 bits per heavy atom. The molecule has 0 bridgehead atoms. The number of rotatable bonds is 6. The number of hydrogen-bond donors (Lipinski definition) is 2. The molecule has 1 aromatic carbocycles. The molecule has 2 N–H and O–H groups in total. The number of amides is 2. The minimum Gasteiger partial charge on any atom is -0.546 e. The van der Waals surface area contributed by atoms with Crippen LogP contribution in [-0.2, 0) is 19.1 Å². The van der Waals surface area contributed by atoms with Gasteiger partial charge in [-0.3, -0.25) is 9.59 Å². The smallest absolute Gasteiger partial charge is 0.341 e. The molecule has 0 aliphatic rings. The fourth-order valence-electron chi connectivity index (χ4n) is 1.90. The maximum absolute atomic E-state index is 12.6. The van der Waals surface area contributed by atoms with Crippen molar-refractivity contribution in [2.75, 3.05) is 10.6 Å². The number of benzene rings is 1. The van der Waals surface area contributed by atoms with Crippen LogP contribution in [0.3, 0.4) is 0 Å². The van der Waals surface area contributed by atoms with Crippen LogP contribution < -0.4 is 15.7 Å². The highest BCUT2D eigenvalue weighted by molar-refractivity contribution is 14.1. The van der Waals surface area contributed by atoms with E-state index in [1.807, 2.05) is 67.8 Å². The van der Waals surface area contributed by atoms with Crippen LogP contribution in [0.25, 0.3) is 0 Å². The minimum absolute atomic E-state index is 0.0444. The number of carboxylic acids is 1. The summed E-state index contributed by atoms with van der Waals surface area (Å²) in [5.74, 6) is -3.11. The van der Waals surface area contributed by atoms with Crippen LogP contribution in [-0.4, -0.2) is 29.9 Å². The zero-order chi connectivity index (χ0) is 20.2. The Balaban J connectivity index is 3.58. The Morgan fingerprint density at radius 3 is 1.69 bits per heavy atom. The van der Waals surface area contributed by atoms with Gasteiger partial charge in [-0.25, -0.2) is 4.79 Å². The summed E-state index contributed by atoms with van der Waals surface area (Å²) in [6, 6.07) is 0. The molecule has 0 aliphatic heterocycles. The number of nitrogens with one attached hydrogen (secondary N) is 2. The van der Waals surface area contributed by atoms with Gasteiger partial charge in [0.25, 0.3) is 0 Å². The van der Waals surface area contributed by atoms with Crippen molar-refractivity contribution < 1.29 is 29.0 Å². The van der Waals surface area contributed by atoms with Crippen molar-refractivity contribution in [3.05, 3.63) is 16.3 Å². The van der Waals surface area contributed by atoms with Gasteiger partial charge in [-0.2, -0.15) is 0 Å². The third kappa shape index (κ3) is 5.64. The lowest BCUT2D eigenvalue weighted by molar-refractivity contribution is -0.314. The fraction of sp³-hybridized carbons (Fsp3) is 0.333. The molecule has 0 saturated heterocycles. The molecular weight excluding hydrogens is 685 g/mol. The summed E-state index contributed by atoms with van der Waals surface area (Å²) in [5, 5.41) is 16.3.